The maximum absolute atomic E-state index is 15.3. The van der Waals surface area contributed by atoms with Gasteiger partial charge in [-0.05, 0) is 72.2 Å². The van der Waals surface area contributed by atoms with E-state index in [1.807, 2.05) is 18.2 Å². The predicted molar refractivity (Wildman–Crippen MR) is 176 cm³/mol. The first-order chi connectivity index (χ1) is 20.2. The lowest BCUT2D eigenvalue weighted by atomic mass is 9.77. The van der Waals surface area contributed by atoms with Crippen LogP contribution in [0.3, 0.4) is 0 Å². The van der Waals surface area contributed by atoms with Gasteiger partial charge in [0.2, 0.25) is 0 Å². The van der Waals surface area contributed by atoms with Crippen LogP contribution in [0, 0.1) is 29.5 Å². The summed E-state index contributed by atoms with van der Waals surface area (Å²) in [5, 5.41) is 1.64. The number of rotatable bonds is 15. The van der Waals surface area contributed by atoms with Crippen molar-refractivity contribution in [1.82, 2.24) is 0 Å². The highest BCUT2D eigenvalue weighted by atomic mass is 19.1. The quantitative estimate of drug-likeness (QED) is 0.130. The standard InChI is InChI=1S/C40H53F/c1-3-5-7-9-11-13-32-15-17-33(18-16-32)19-20-34-21-23-35(24-22-34)25-27-37-28-29-38-31-36(14-12-10-8-6-4-2)26-30-39(38)40(37)41/h21-24,26,28-33H,3-20H2,1-2H3. The molecule has 0 radical (unpaired) electrons. The zero-order valence-corrected chi connectivity index (χ0v) is 26.0. The molecule has 0 nitrogen and oxygen atoms in total. The van der Waals surface area contributed by atoms with E-state index in [9.17, 15) is 0 Å². The van der Waals surface area contributed by atoms with Crippen molar-refractivity contribution in [2.75, 3.05) is 0 Å². The van der Waals surface area contributed by atoms with E-state index in [1.54, 1.807) is 0 Å². The molecule has 1 fully saturated rings. The van der Waals surface area contributed by atoms with E-state index in [1.165, 1.54) is 114 Å². The van der Waals surface area contributed by atoms with Gasteiger partial charge < -0.3 is 0 Å². The molecule has 0 bridgehead atoms. The second kappa shape index (κ2) is 17.4. The Morgan fingerprint density at radius 2 is 1.24 bits per heavy atom. The average molecular weight is 553 g/mol. The van der Waals surface area contributed by atoms with E-state index in [0.717, 1.165) is 35.6 Å². The molecular formula is C40H53F. The van der Waals surface area contributed by atoms with Crippen LogP contribution in [0.1, 0.15) is 139 Å². The number of halogens is 1. The summed E-state index contributed by atoms with van der Waals surface area (Å²) < 4.78 is 15.3. The van der Waals surface area contributed by atoms with Gasteiger partial charge >= 0.3 is 0 Å². The van der Waals surface area contributed by atoms with Gasteiger partial charge in [-0.15, -0.1) is 0 Å². The largest absolute Gasteiger partial charge is 0.205 e. The molecule has 0 N–H and O–H groups in total. The van der Waals surface area contributed by atoms with Crippen LogP contribution >= 0.6 is 0 Å². The van der Waals surface area contributed by atoms with Crippen molar-refractivity contribution in [3.63, 3.8) is 0 Å². The average Bonchev–Trinajstić information content (AvgIpc) is 3.00. The number of aryl methyl sites for hydroxylation is 2. The van der Waals surface area contributed by atoms with Crippen LogP contribution < -0.4 is 0 Å². The third-order valence-corrected chi connectivity index (χ3v) is 9.41. The van der Waals surface area contributed by atoms with Gasteiger partial charge in [0, 0.05) is 10.9 Å². The molecule has 3 aromatic carbocycles. The van der Waals surface area contributed by atoms with Crippen LogP contribution in [0.25, 0.3) is 10.8 Å². The van der Waals surface area contributed by atoms with Gasteiger partial charge in [-0.25, -0.2) is 4.39 Å². The van der Waals surface area contributed by atoms with Crippen LogP contribution in [0.4, 0.5) is 4.39 Å². The van der Waals surface area contributed by atoms with Gasteiger partial charge in [0.15, 0.2) is 0 Å². The third-order valence-electron chi connectivity index (χ3n) is 9.41. The zero-order chi connectivity index (χ0) is 28.7. The molecule has 4 rings (SSSR count). The van der Waals surface area contributed by atoms with Gasteiger partial charge in [-0.2, -0.15) is 0 Å². The summed E-state index contributed by atoms with van der Waals surface area (Å²) in [6.45, 7) is 4.54. The molecule has 3 aromatic rings. The molecule has 1 saturated carbocycles. The van der Waals surface area contributed by atoms with Gasteiger partial charge in [0.25, 0.3) is 0 Å². The monoisotopic (exact) mass is 552 g/mol. The predicted octanol–water partition coefficient (Wildman–Crippen LogP) is 12.0. The highest BCUT2D eigenvalue weighted by molar-refractivity contribution is 5.85. The lowest BCUT2D eigenvalue weighted by Gasteiger charge is -2.28. The van der Waals surface area contributed by atoms with Crippen molar-refractivity contribution in [2.45, 2.75) is 129 Å². The number of fused-ring (bicyclic) bond motifs is 1. The minimum Gasteiger partial charge on any atom is -0.205 e. The minimum atomic E-state index is -0.202. The Kier molecular flexibility index (Phi) is 13.3. The molecule has 0 atom stereocenters. The lowest BCUT2D eigenvalue weighted by molar-refractivity contribution is 0.248. The van der Waals surface area contributed by atoms with Crippen molar-refractivity contribution in [3.8, 4) is 11.8 Å². The maximum atomic E-state index is 15.3. The van der Waals surface area contributed by atoms with E-state index >= 15 is 4.39 Å². The van der Waals surface area contributed by atoms with E-state index in [4.69, 9.17) is 0 Å². The summed E-state index contributed by atoms with van der Waals surface area (Å²) in [5.74, 6) is 7.97. The van der Waals surface area contributed by atoms with Gasteiger partial charge in [-0.3, -0.25) is 0 Å². The van der Waals surface area contributed by atoms with Crippen molar-refractivity contribution < 1.29 is 4.39 Å². The fourth-order valence-electron chi connectivity index (χ4n) is 6.64. The van der Waals surface area contributed by atoms with E-state index in [-0.39, 0.29) is 5.82 Å². The molecule has 0 aliphatic heterocycles. The Labute approximate surface area is 250 Å². The van der Waals surface area contributed by atoms with E-state index in [2.05, 4.69) is 62.1 Å². The summed E-state index contributed by atoms with van der Waals surface area (Å²) in [6.07, 6.45) is 24.1. The van der Waals surface area contributed by atoms with Crippen LogP contribution in [0.5, 0.6) is 0 Å². The highest BCUT2D eigenvalue weighted by Gasteiger charge is 2.20. The molecule has 0 amide bonds. The molecular weight excluding hydrogens is 499 g/mol. The van der Waals surface area contributed by atoms with Crippen LogP contribution in [-0.2, 0) is 12.8 Å². The van der Waals surface area contributed by atoms with Gasteiger partial charge in [-0.1, -0.05) is 152 Å². The fourth-order valence-corrected chi connectivity index (χ4v) is 6.64. The minimum absolute atomic E-state index is 0.202. The Hall–Kier alpha value is -2.59. The third kappa shape index (κ3) is 10.3. The number of unbranched alkanes of at least 4 members (excludes halogenated alkanes) is 8. The Morgan fingerprint density at radius 1 is 0.610 bits per heavy atom. The topological polar surface area (TPSA) is 0 Å². The van der Waals surface area contributed by atoms with Crippen LogP contribution in [-0.4, -0.2) is 0 Å². The van der Waals surface area contributed by atoms with Gasteiger partial charge in [0.05, 0.1) is 5.56 Å². The van der Waals surface area contributed by atoms with Gasteiger partial charge in [0.1, 0.15) is 5.82 Å². The number of benzene rings is 3. The molecule has 0 aromatic heterocycles. The van der Waals surface area contributed by atoms with Crippen molar-refractivity contribution in [1.29, 1.82) is 0 Å². The first kappa shape index (κ1) is 31.3. The maximum Gasteiger partial charge on any atom is 0.146 e. The zero-order valence-electron chi connectivity index (χ0n) is 26.0. The normalized spacial score (nSPS) is 17.0. The van der Waals surface area contributed by atoms with Crippen LogP contribution in [0.2, 0.25) is 0 Å². The smallest absolute Gasteiger partial charge is 0.146 e. The molecule has 41 heavy (non-hydrogen) atoms. The summed E-state index contributed by atoms with van der Waals surface area (Å²) in [5.41, 5.74) is 4.12. The first-order valence-corrected chi connectivity index (χ1v) is 17.0. The second-order valence-electron chi connectivity index (χ2n) is 12.7. The SMILES string of the molecule is CCCCCCCc1ccc2c(F)c(C#Cc3ccc(CCC4CCC(CCCCCCC)CC4)cc3)ccc2c1. The summed E-state index contributed by atoms with van der Waals surface area (Å²) in [7, 11) is 0. The van der Waals surface area contributed by atoms with Crippen LogP contribution in [0.15, 0.2) is 54.6 Å². The molecule has 220 valence electrons. The Balaban J connectivity index is 1.23. The number of hydrogen-bond donors (Lipinski definition) is 0. The molecule has 1 heteroatoms. The summed E-state index contributed by atoms with van der Waals surface area (Å²) in [6, 6.07) is 18.7. The molecule has 0 unspecified atom stereocenters. The fraction of sp³-hybridized carbons (Fsp3) is 0.550. The molecule has 0 spiro atoms. The lowest BCUT2D eigenvalue weighted by Crippen LogP contribution is -2.15. The second-order valence-corrected chi connectivity index (χ2v) is 12.7. The molecule has 1 aliphatic rings. The van der Waals surface area contributed by atoms with E-state index < -0.39 is 0 Å². The molecule has 0 heterocycles. The number of hydrogen-bond acceptors (Lipinski definition) is 0. The summed E-state index contributed by atoms with van der Waals surface area (Å²) in [4.78, 5) is 0. The Morgan fingerprint density at radius 3 is 1.95 bits per heavy atom. The van der Waals surface area contributed by atoms with Crippen molar-refractivity contribution in [3.05, 3.63) is 82.7 Å². The molecule has 0 saturated heterocycles. The van der Waals surface area contributed by atoms with Crippen molar-refractivity contribution in [2.24, 2.45) is 11.8 Å². The first-order valence-electron chi connectivity index (χ1n) is 17.0. The molecule has 1 aliphatic carbocycles. The van der Waals surface area contributed by atoms with E-state index in [0.29, 0.717) is 10.9 Å². The Bertz CT molecular complexity index is 1230. The van der Waals surface area contributed by atoms with Crippen molar-refractivity contribution >= 4 is 10.8 Å². The summed E-state index contributed by atoms with van der Waals surface area (Å²) >= 11 is 0. The highest BCUT2D eigenvalue weighted by Crippen LogP contribution is 2.34.